The molecule has 0 heterocycles. The molecule has 0 aliphatic carbocycles. The lowest BCUT2D eigenvalue weighted by molar-refractivity contribution is 1.34. The molecule has 0 nitrogen and oxygen atoms in total. The quantitative estimate of drug-likeness (QED) is 0.546. The van der Waals surface area contributed by atoms with Crippen LogP contribution in [0.1, 0.15) is 11.1 Å². The molecule has 0 saturated carbocycles. The van der Waals surface area contributed by atoms with Gasteiger partial charge in [0.2, 0.25) is 0 Å². The first kappa shape index (κ1) is 11.0. The van der Waals surface area contributed by atoms with E-state index < -0.39 is 0 Å². The van der Waals surface area contributed by atoms with Gasteiger partial charge in [-0.3, -0.25) is 0 Å². The molecule has 3 aromatic rings. The normalized spacial score (nSPS) is 10.8. The molecule has 0 radical (unpaired) electrons. The van der Waals surface area contributed by atoms with E-state index in [0.717, 1.165) is 0 Å². The average molecular weight is 232 g/mol. The highest BCUT2D eigenvalue weighted by Crippen LogP contribution is 2.31. The van der Waals surface area contributed by atoms with Crippen LogP contribution in [0, 0.1) is 13.8 Å². The van der Waals surface area contributed by atoms with E-state index in [2.05, 4.69) is 74.5 Å². The summed E-state index contributed by atoms with van der Waals surface area (Å²) in [6.07, 6.45) is 0. The van der Waals surface area contributed by atoms with Crippen molar-refractivity contribution in [2.75, 3.05) is 0 Å². The summed E-state index contributed by atoms with van der Waals surface area (Å²) in [7, 11) is 0. The number of hydrogen-bond donors (Lipinski definition) is 0. The molecular weight excluding hydrogens is 216 g/mol. The predicted molar refractivity (Wildman–Crippen MR) is 78.9 cm³/mol. The maximum Gasteiger partial charge on any atom is -0.0103 e. The lowest BCUT2D eigenvalue weighted by atomic mass is 9.93. The van der Waals surface area contributed by atoms with Crippen LogP contribution in [0.25, 0.3) is 21.9 Å². The minimum Gasteiger partial charge on any atom is -0.0616 e. The zero-order valence-electron chi connectivity index (χ0n) is 10.8. The average Bonchev–Trinajstić information content (AvgIpc) is 2.41. The van der Waals surface area contributed by atoms with E-state index in [-0.39, 0.29) is 0 Å². The molecule has 0 saturated heterocycles. The van der Waals surface area contributed by atoms with Crippen molar-refractivity contribution in [3.8, 4) is 11.1 Å². The summed E-state index contributed by atoms with van der Waals surface area (Å²) in [4.78, 5) is 0. The van der Waals surface area contributed by atoms with Crippen LogP contribution < -0.4 is 0 Å². The summed E-state index contributed by atoms with van der Waals surface area (Å²) in [5, 5.41) is 2.63. The maximum absolute atomic E-state index is 2.21. The van der Waals surface area contributed by atoms with Crippen LogP contribution in [-0.2, 0) is 0 Å². The Balaban J connectivity index is 2.35. The lowest BCUT2D eigenvalue weighted by Crippen LogP contribution is -1.88. The van der Waals surface area contributed by atoms with Crippen LogP contribution in [-0.4, -0.2) is 0 Å². The number of aryl methyl sites for hydroxylation is 1. The topological polar surface area (TPSA) is 0 Å². The van der Waals surface area contributed by atoms with Crippen molar-refractivity contribution >= 4 is 10.8 Å². The van der Waals surface area contributed by atoms with Crippen molar-refractivity contribution in [1.82, 2.24) is 0 Å². The third-order valence-electron chi connectivity index (χ3n) is 3.68. The van der Waals surface area contributed by atoms with E-state index in [0.29, 0.717) is 0 Å². The molecule has 3 aromatic carbocycles. The number of rotatable bonds is 1. The third-order valence-corrected chi connectivity index (χ3v) is 3.68. The Bertz CT molecular complexity index is 703. The van der Waals surface area contributed by atoms with Gasteiger partial charge >= 0.3 is 0 Å². The second kappa shape index (κ2) is 4.30. The molecule has 0 aliphatic heterocycles. The van der Waals surface area contributed by atoms with Crippen molar-refractivity contribution in [2.24, 2.45) is 0 Å². The number of hydrogen-bond acceptors (Lipinski definition) is 0. The van der Waals surface area contributed by atoms with E-state index in [9.17, 15) is 0 Å². The van der Waals surface area contributed by atoms with Crippen molar-refractivity contribution in [3.05, 3.63) is 71.8 Å². The highest BCUT2D eigenvalue weighted by molar-refractivity contribution is 5.97. The van der Waals surface area contributed by atoms with Gasteiger partial charge in [-0.15, -0.1) is 0 Å². The maximum atomic E-state index is 2.21. The molecule has 0 bridgehead atoms. The second-order valence-electron chi connectivity index (χ2n) is 4.77. The van der Waals surface area contributed by atoms with E-state index in [1.165, 1.54) is 33.0 Å². The van der Waals surface area contributed by atoms with Gasteiger partial charge in [-0.05, 0) is 46.9 Å². The van der Waals surface area contributed by atoms with E-state index in [1.54, 1.807) is 0 Å². The molecule has 0 N–H and O–H groups in total. The van der Waals surface area contributed by atoms with Gasteiger partial charge in [0.15, 0.2) is 0 Å². The monoisotopic (exact) mass is 232 g/mol. The molecular formula is C18H16. The SMILES string of the molecule is Cc1cccc(-c2cccc3ccccc23)c1C. The predicted octanol–water partition coefficient (Wildman–Crippen LogP) is 5.12. The van der Waals surface area contributed by atoms with Gasteiger partial charge in [0.05, 0.1) is 0 Å². The Labute approximate surface area is 108 Å². The zero-order chi connectivity index (χ0) is 12.5. The fourth-order valence-electron chi connectivity index (χ4n) is 2.50. The van der Waals surface area contributed by atoms with Crippen LogP contribution in [0.4, 0.5) is 0 Å². The van der Waals surface area contributed by atoms with Crippen LogP contribution >= 0.6 is 0 Å². The highest BCUT2D eigenvalue weighted by atomic mass is 14.1. The molecule has 18 heavy (non-hydrogen) atoms. The molecule has 3 rings (SSSR count). The van der Waals surface area contributed by atoms with E-state index >= 15 is 0 Å². The van der Waals surface area contributed by atoms with Gasteiger partial charge in [0.1, 0.15) is 0 Å². The Morgan fingerprint density at radius 1 is 0.611 bits per heavy atom. The second-order valence-corrected chi connectivity index (χ2v) is 4.77. The Kier molecular flexibility index (Phi) is 2.64. The summed E-state index contributed by atoms with van der Waals surface area (Å²) in [5.41, 5.74) is 5.38. The summed E-state index contributed by atoms with van der Waals surface area (Å²) in [5.74, 6) is 0. The fraction of sp³-hybridized carbons (Fsp3) is 0.111. The Hall–Kier alpha value is -2.08. The van der Waals surface area contributed by atoms with Gasteiger partial charge < -0.3 is 0 Å². The molecule has 0 aliphatic rings. The van der Waals surface area contributed by atoms with Crippen LogP contribution in [0.3, 0.4) is 0 Å². The lowest BCUT2D eigenvalue weighted by Gasteiger charge is -2.11. The van der Waals surface area contributed by atoms with Crippen molar-refractivity contribution in [1.29, 1.82) is 0 Å². The summed E-state index contributed by atoms with van der Waals surface area (Å²) >= 11 is 0. The van der Waals surface area contributed by atoms with Crippen LogP contribution in [0.5, 0.6) is 0 Å². The van der Waals surface area contributed by atoms with Gasteiger partial charge in [-0.1, -0.05) is 60.7 Å². The minimum atomic E-state index is 1.30. The third kappa shape index (κ3) is 1.70. The molecule has 0 aromatic heterocycles. The largest absolute Gasteiger partial charge is 0.0616 e. The van der Waals surface area contributed by atoms with Crippen molar-refractivity contribution in [3.63, 3.8) is 0 Å². The van der Waals surface area contributed by atoms with Gasteiger partial charge in [0, 0.05) is 0 Å². The Morgan fingerprint density at radius 3 is 2.17 bits per heavy atom. The van der Waals surface area contributed by atoms with Gasteiger partial charge in [-0.2, -0.15) is 0 Å². The smallest absolute Gasteiger partial charge is 0.0103 e. The molecule has 88 valence electrons. The van der Waals surface area contributed by atoms with Gasteiger partial charge in [0.25, 0.3) is 0 Å². The van der Waals surface area contributed by atoms with Crippen molar-refractivity contribution in [2.45, 2.75) is 13.8 Å². The minimum absolute atomic E-state index is 1.30. The standard InChI is InChI=1S/C18H16/c1-13-7-5-11-16(14(13)2)18-12-6-9-15-8-3-4-10-17(15)18/h3-12H,1-2H3. The molecule has 0 fully saturated rings. The molecule has 0 amide bonds. The van der Waals surface area contributed by atoms with Crippen molar-refractivity contribution < 1.29 is 0 Å². The molecule has 0 atom stereocenters. The Morgan fingerprint density at radius 2 is 1.28 bits per heavy atom. The van der Waals surface area contributed by atoms with E-state index in [4.69, 9.17) is 0 Å². The fourth-order valence-corrected chi connectivity index (χ4v) is 2.50. The van der Waals surface area contributed by atoms with Crippen LogP contribution in [0.2, 0.25) is 0 Å². The first-order valence-electron chi connectivity index (χ1n) is 6.32. The first-order valence-corrected chi connectivity index (χ1v) is 6.32. The van der Waals surface area contributed by atoms with Gasteiger partial charge in [-0.25, -0.2) is 0 Å². The zero-order valence-corrected chi connectivity index (χ0v) is 10.8. The van der Waals surface area contributed by atoms with Crippen LogP contribution in [0.15, 0.2) is 60.7 Å². The summed E-state index contributed by atoms with van der Waals surface area (Å²) < 4.78 is 0. The molecule has 0 spiro atoms. The highest BCUT2D eigenvalue weighted by Gasteiger charge is 2.06. The summed E-state index contributed by atoms with van der Waals surface area (Å²) in [6, 6.07) is 21.6. The molecule has 0 heteroatoms. The summed E-state index contributed by atoms with van der Waals surface area (Å²) in [6.45, 7) is 4.37. The first-order chi connectivity index (χ1) is 8.77. The number of benzene rings is 3. The van der Waals surface area contributed by atoms with E-state index in [1.807, 2.05) is 0 Å². The molecule has 0 unspecified atom stereocenters. The number of fused-ring (bicyclic) bond motifs is 1.